The van der Waals surface area contributed by atoms with Crippen molar-refractivity contribution < 1.29 is 13.9 Å². The Balaban J connectivity index is 2.06. The zero-order valence-corrected chi connectivity index (χ0v) is 6.66. The van der Waals surface area contributed by atoms with E-state index in [0.29, 0.717) is 5.75 Å². The molecule has 0 bridgehead atoms. The molecule has 1 heterocycles. The SMILES string of the molecule is CC1OC1(F)Oc1ccccc1. The molecule has 12 heavy (non-hydrogen) atoms. The van der Waals surface area contributed by atoms with Gasteiger partial charge in [0, 0.05) is 0 Å². The molecule has 2 rings (SSSR count). The average molecular weight is 168 g/mol. The van der Waals surface area contributed by atoms with Gasteiger partial charge in [-0.2, -0.15) is 4.39 Å². The van der Waals surface area contributed by atoms with E-state index in [1.807, 2.05) is 6.07 Å². The standard InChI is InChI=1S/C9H9FO2/c1-7-9(10,11-7)12-8-5-3-2-4-6-8/h2-7H,1H3. The Labute approximate surface area is 69.9 Å². The van der Waals surface area contributed by atoms with Crippen LogP contribution >= 0.6 is 0 Å². The summed E-state index contributed by atoms with van der Waals surface area (Å²) in [5, 5.41) is 0. The van der Waals surface area contributed by atoms with E-state index in [2.05, 4.69) is 4.74 Å². The second-order valence-electron chi connectivity index (χ2n) is 2.76. The number of para-hydroxylation sites is 1. The van der Waals surface area contributed by atoms with Gasteiger partial charge in [-0.1, -0.05) is 18.2 Å². The van der Waals surface area contributed by atoms with Gasteiger partial charge in [-0.3, -0.25) is 4.74 Å². The first-order chi connectivity index (χ1) is 5.71. The molecule has 1 aliphatic heterocycles. The van der Waals surface area contributed by atoms with E-state index in [-0.39, 0.29) is 0 Å². The van der Waals surface area contributed by atoms with Crippen molar-refractivity contribution in [3.05, 3.63) is 30.3 Å². The molecule has 2 atom stereocenters. The summed E-state index contributed by atoms with van der Waals surface area (Å²) in [5.74, 6) is 0.490. The number of alkyl halides is 1. The Bertz CT molecular complexity index is 275. The lowest BCUT2D eigenvalue weighted by Crippen LogP contribution is -2.15. The van der Waals surface area contributed by atoms with Crippen molar-refractivity contribution >= 4 is 0 Å². The van der Waals surface area contributed by atoms with Crippen LogP contribution in [0.3, 0.4) is 0 Å². The lowest BCUT2D eigenvalue weighted by molar-refractivity contribution is -0.0572. The normalized spacial score (nSPS) is 33.0. The highest BCUT2D eigenvalue weighted by Gasteiger charge is 2.58. The van der Waals surface area contributed by atoms with Gasteiger partial charge in [-0.05, 0) is 19.1 Å². The van der Waals surface area contributed by atoms with Crippen molar-refractivity contribution in [1.82, 2.24) is 0 Å². The molecule has 1 aromatic rings. The highest BCUT2D eigenvalue weighted by Crippen LogP contribution is 2.39. The van der Waals surface area contributed by atoms with E-state index in [4.69, 9.17) is 4.74 Å². The molecule has 0 aromatic heterocycles. The molecule has 64 valence electrons. The van der Waals surface area contributed by atoms with Gasteiger partial charge in [-0.25, -0.2) is 0 Å². The molecule has 3 heteroatoms. The van der Waals surface area contributed by atoms with E-state index in [0.717, 1.165) is 0 Å². The Hall–Kier alpha value is -1.09. The second kappa shape index (κ2) is 2.45. The minimum absolute atomic E-state index is 0.460. The predicted octanol–water partition coefficient (Wildman–Crippen LogP) is 2.11. The number of rotatable bonds is 2. The topological polar surface area (TPSA) is 21.8 Å². The summed E-state index contributed by atoms with van der Waals surface area (Å²) in [4.78, 5) is 0. The molecule has 0 spiro atoms. The van der Waals surface area contributed by atoms with E-state index in [1.165, 1.54) is 0 Å². The maximum Gasteiger partial charge on any atom is 0.391 e. The molecule has 2 nitrogen and oxygen atoms in total. The van der Waals surface area contributed by atoms with Crippen LogP contribution in [0.15, 0.2) is 30.3 Å². The van der Waals surface area contributed by atoms with Crippen LogP contribution in [0.1, 0.15) is 6.92 Å². The Morgan fingerprint density at radius 1 is 1.42 bits per heavy atom. The minimum atomic E-state index is -1.89. The van der Waals surface area contributed by atoms with Crippen LogP contribution in [0.2, 0.25) is 0 Å². The van der Waals surface area contributed by atoms with Crippen LogP contribution in [0, 0.1) is 0 Å². The average Bonchev–Trinajstić information content (AvgIpc) is 2.61. The number of ether oxygens (including phenoxy) is 2. The summed E-state index contributed by atoms with van der Waals surface area (Å²) in [6.45, 7) is 1.63. The molecule has 1 saturated heterocycles. The lowest BCUT2D eigenvalue weighted by Gasteiger charge is -2.05. The lowest BCUT2D eigenvalue weighted by atomic mass is 10.3. The fraction of sp³-hybridized carbons (Fsp3) is 0.333. The largest absolute Gasteiger partial charge is 0.434 e. The summed E-state index contributed by atoms with van der Waals surface area (Å²) in [5.41, 5.74) is 0. The summed E-state index contributed by atoms with van der Waals surface area (Å²) >= 11 is 0. The third-order valence-electron chi connectivity index (χ3n) is 1.77. The summed E-state index contributed by atoms with van der Waals surface area (Å²) in [7, 11) is 0. The highest BCUT2D eigenvalue weighted by molar-refractivity contribution is 5.22. The minimum Gasteiger partial charge on any atom is -0.434 e. The second-order valence-corrected chi connectivity index (χ2v) is 2.76. The summed E-state index contributed by atoms with van der Waals surface area (Å²) in [6.07, 6.45) is -0.460. The van der Waals surface area contributed by atoms with Gasteiger partial charge in [-0.15, -0.1) is 0 Å². The number of epoxide rings is 1. The molecule has 0 saturated carbocycles. The van der Waals surface area contributed by atoms with Gasteiger partial charge in [0.05, 0.1) is 0 Å². The summed E-state index contributed by atoms with van der Waals surface area (Å²) < 4.78 is 22.7. The van der Waals surface area contributed by atoms with Crippen LogP contribution in [-0.2, 0) is 4.74 Å². The molecular weight excluding hydrogens is 159 g/mol. The zero-order valence-electron chi connectivity index (χ0n) is 6.66. The van der Waals surface area contributed by atoms with Gasteiger partial charge < -0.3 is 4.74 Å². The van der Waals surface area contributed by atoms with Crippen molar-refractivity contribution in [3.63, 3.8) is 0 Å². The van der Waals surface area contributed by atoms with Crippen LogP contribution in [0.5, 0.6) is 5.75 Å². The first-order valence-corrected chi connectivity index (χ1v) is 3.81. The van der Waals surface area contributed by atoms with Crippen molar-refractivity contribution in [2.45, 2.75) is 19.1 Å². The quantitative estimate of drug-likeness (QED) is 0.631. The molecule has 0 radical (unpaired) electrons. The monoisotopic (exact) mass is 168 g/mol. The molecule has 2 unspecified atom stereocenters. The third kappa shape index (κ3) is 1.28. The summed E-state index contributed by atoms with van der Waals surface area (Å²) in [6, 6.07) is 6.90. The Morgan fingerprint density at radius 3 is 2.50 bits per heavy atom. The van der Waals surface area contributed by atoms with Crippen LogP contribution < -0.4 is 4.74 Å². The number of benzene rings is 1. The first kappa shape index (κ1) is 7.55. The maximum atomic E-state index is 13.1. The van der Waals surface area contributed by atoms with Crippen molar-refractivity contribution in [2.24, 2.45) is 0 Å². The van der Waals surface area contributed by atoms with E-state index >= 15 is 0 Å². The van der Waals surface area contributed by atoms with E-state index < -0.39 is 12.1 Å². The van der Waals surface area contributed by atoms with E-state index in [9.17, 15) is 4.39 Å². The number of hydrogen-bond donors (Lipinski definition) is 0. The fourth-order valence-electron chi connectivity index (χ4n) is 0.963. The van der Waals surface area contributed by atoms with Crippen LogP contribution in [0.25, 0.3) is 0 Å². The van der Waals surface area contributed by atoms with Gasteiger partial charge >= 0.3 is 6.04 Å². The Morgan fingerprint density at radius 2 is 2.00 bits per heavy atom. The fourth-order valence-corrected chi connectivity index (χ4v) is 0.963. The van der Waals surface area contributed by atoms with Crippen LogP contribution in [-0.4, -0.2) is 12.1 Å². The number of hydrogen-bond acceptors (Lipinski definition) is 2. The molecule has 0 N–H and O–H groups in total. The molecular formula is C9H9FO2. The molecule has 0 amide bonds. The zero-order chi connectivity index (χ0) is 8.60. The maximum absolute atomic E-state index is 13.1. The predicted molar refractivity (Wildman–Crippen MR) is 41.5 cm³/mol. The first-order valence-electron chi connectivity index (χ1n) is 3.81. The molecule has 1 fully saturated rings. The van der Waals surface area contributed by atoms with E-state index in [1.54, 1.807) is 31.2 Å². The van der Waals surface area contributed by atoms with Crippen molar-refractivity contribution in [1.29, 1.82) is 0 Å². The molecule has 1 aliphatic rings. The van der Waals surface area contributed by atoms with Crippen LogP contribution in [0.4, 0.5) is 4.39 Å². The molecule has 1 aromatic carbocycles. The van der Waals surface area contributed by atoms with Gasteiger partial charge in [0.15, 0.2) is 6.10 Å². The Kier molecular flexibility index (Phi) is 1.54. The number of halogens is 1. The third-order valence-corrected chi connectivity index (χ3v) is 1.77. The van der Waals surface area contributed by atoms with Gasteiger partial charge in [0.2, 0.25) is 0 Å². The van der Waals surface area contributed by atoms with Crippen molar-refractivity contribution in [2.75, 3.05) is 0 Å². The van der Waals surface area contributed by atoms with Gasteiger partial charge in [0.25, 0.3) is 0 Å². The van der Waals surface area contributed by atoms with Gasteiger partial charge in [0.1, 0.15) is 5.75 Å². The van der Waals surface area contributed by atoms with Crippen molar-refractivity contribution in [3.8, 4) is 5.75 Å². The highest BCUT2D eigenvalue weighted by atomic mass is 19.2. The smallest absolute Gasteiger partial charge is 0.391 e. The molecule has 0 aliphatic carbocycles.